The summed E-state index contributed by atoms with van der Waals surface area (Å²) in [5.41, 5.74) is 2.89. The molecule has 0 spiro atoms. The lowest BCUT2D eigenvalue weighted by Crippen LogP contribution is -2.22. The van der Waals surface area contributed by atoms with Gasteiger partial charge < -0.3 is 14.8 Å². The van der Waals surface area contributed by atoms with Crippen LogP contribution in [-0.2, 0) is 14.9 Å². The number of benzene rings is 2. The molecule has 0 saturated heterocycles. The molecule has 0 atom stereocenters. The summed E-state index contributed by atoms with van der Waals surface area (Å²) >= 11 is 4.85. The highest BCUT2D eigenvalue weighted by Crippen LogP contribution is 2.40. The molecule has 0 fully saturated rings. The molecule has 3 rings (SSSR count). The van der Waals surface area contributed by atoms with Crippen molar-refractivity contribution in [2.24, 2.45) is 0 Å². The topological polar surface area (TPSA) is 64.6 Å². The quantitative estimate of drug-likeness (QED) is 0.335. The molecule has 3 aromatic rings. The summed E-state index contributed by atoms with van der Waals surface area (Å²) < 4.78 is 12.1. The van der Waals surface area contributed by atoms with Gasteiger partial charge in [-0.25, -0.2) is 4.79 Å². The monoisotopic (exact) mass is 529 g/mol. The smallest absolute Gasteiger partial charge is 0.341 e. The Balaban J connectivity index is 1.85. The van der Waals surface area contributed by atoms with Gasteiger partial charge in [-0.2, -0.15) is 0 Å². The highest BCUT2D eigenvalue weighted by molar-refractivity contribution is 9.10. The molecule has 1 aromatic heterocycles. The van der Waals surface area contributed by atoms with E-state index in [2.05, 4.69) is 42.0 Å². The number of halogens is 1. The minimum absolute atomic E-state index is 0.151. The van der Waals surface area contributed by atoms with E-state index < -0.39 is 5.97 Å². The van der Waals surface area contributed by atoms with Gasteiger partial charge in [-0.15, -0.1) is 11.3 Å². The van der Waals surface area contributed by atoms with E-state index in [0.717, 1.165) is 26.0 Å². The van der Waals surface area contributed by atoms with Crippen molar-refractivity contribution < 1.29 is 19.1 Å². The number of amides is 1. The van der Waals surface area contributed by atoms with Crippen LogP contribution in [0.3, 0.4) is 0 Å². The summed E-state index contributed by atoms with van der Waals surface area (Å²) in [4.78, 5) is 26.6. The van der Waals surface area contributed by atoms with Gasteiger partial charge in [0.05, 0.1) is 6.61 Å². The molecule has 1 heterocycles. The summed E-state index contributed by atoms with van der Waals surface area (Å²) in [6.45, 7) is 10.0. The van der Waals surface area contributed by atoms with Gasteiger partial charge in [0.15, 0.2) is 6.61 Å². The number of anilines is 1. The van der Waals surface area contributed by atoms with E-state index in [0.29, 0.717) is 16.3 Å². The van der Waals surface area contributed by atoms with Crippen molar-refractivity contribution in [3.8, 4) is 16.9 Å². The lowest BCUT2D eigenvalue weighted by Gasteiger charge is -2.23. The summed E-state index contributed by atoms with van der Waals surface area (Å²) in [7, 11) is 0. The molecule has 2 aromatic carbocycles. The highest BCUT2D eigenvalue weighted by Gasteiger charge is 2.26. The minimum Gasteiger partial charge on any atom is -0.483 e. The number of hydrogen-bond donors (Lipinski definition) is 1. The lowest BCUT2D eigenvalue weighted by atomic mass is 9.86. The van der Waals surface area contributed by atoms with Crippen LogP contribution < -0.4 is 10.1 Å². The summed E-state index contributed by atoms with van der Waals surface area (Å²) in [6.07, 6.45) is 0. The number of nitrogens with one attached hydrogen (secondary N) is 1. The fraction of sp³-hybridized carbons (Fsp3) is 0.308. The molecule has 7 heteroatoms. The molecule has 33 heavy (non-hydrogen) atoms. The molecule has 0 saturated carbocycles. The van der Waals surface area contributed by atoms with Crippen LogP contribution in [0, 0.1) is 6.92 Å². The number of carbonyl (C=O) groups is 2. The number of hydrogen-bond acceptors (Lipinski definition) is 5. The molecule has 174 valence electrons. The van der Waals surface area contributed by atoms with Crippen LogP contribution in [0.2, 0.25) is 0 Å². The first-order chi connectivity index (χ1) is 15.6. The first-order valence-corrected chi connectivity index (χ1v) is 12.3. The molecule has 0 aliphatic rings. The minimum atomic E-state index is -0.458. The van der Waals surface area contributed by atoms with Crippen molar-refractivity contribution in [3.05, 3.63) is 69.0 Å². The molecule has 0 aliphatic carbocycles. The maximum absolute atomic E-state index is 12.8. The Morgan fingerprint density at radius 2 is 1.79 bits per heavy atom. The number of carbonyl (C=O) groups excluding carboxylic acids is 2. The van der Waals surface area contributed by atoms with Crippen molar-refractivity contribution in [2.75, 3.05) is 18.5 Å². The molecule has 5 nitrogen and oxygen atoms in total. The van der Waals surface area contributed by atoms with E-state index in [9.17, 15) is 9.59 Å². The SMILES string of the molecule is CCOC(=O)c1c(NC(=O)COc2ccc(Br)cc2C(C)(C)C)sc(C)c1-c1ccccc1. The van der Waals surface area contributed by atoms with E-state index >= 15 is 0 Å². The largest absolute Gasteiger partial charge is 0.483 e. The van der Waals surface area contributed by atoms with E-state index in [1.165, 1.54) is 11.3 Å². The van der Waals surface area contributed by atoms with Crippen LogP contribution in [-0.4, -0.2) is 25.1 Å². The fourth-order valence-electron chi connectivity index (χ4n) is 3.50. The van der Waals surface area contributed by atoms with Gasteiger partial charge in [0.2, 0.25) is 0 Å². The first-order valence-electron chi connectivity index (χ1n) is 10.7. The van der Waals surface area contributed by atoms with E-state index in [-0.39, 0.29) is 24.5 Å². The molecule has 0 radical (unpaired) electrons. The average Bonchev–Trinajstić information content (AvgIpc) is 3.08. The van der Waals surface area contributed by atoms with Gasteiger partial charge in [-0.05, 0) is 43.0 Å². The van der Waals surface area contributed by atoms with Gasteiger partial charge in [0, 0.05) is 20.5 Å². The van der Waals surface area contributed by atoms with Gasteiger partial charge in [-0.1, -0.05) is 67.0 Å². The molecule has 0 unspecified atom stereocenters. The van der Waals surface area contributed by atoms with Crippen LogP contribution in [0.4, 0.5) is 5.00 Å². The Bertz CT molecular complexity index is 1150. The Labute approximate surface area is 207 Å². The fourth-order valence-corrected chi connectivity index (χ4v) is 4.94. The van der Waals surface area contributed by atoms with Gasteiger partial charge in [0.1, 0.15) is 16.3 Å². The van der Waals surface area contributed by atoms with Crippen molar-refractivity contribution in [2.45, 2.75) is 40.0 Å². The van der Waals surface area contributed by atoms with Crippen LogP contribution >= 0.6 is 27.3 Å². The van der Waals surface area contributed by atoms with Gasteiger partial charge >= 0.3 is 5.97 Å². The highest BCUT2D eigenvalue weighted by atomic mass is 79.9. The van der Waals surface area contributed by atoms with Crippen molar-refractivity contribution in [3.63, 3.8) is 0 Å². The van der Waals surface area contributed by atoms with Crippen molar-refractivity contribution in [1.29, 1.82) is 0 Å². The standard InChI is InChI=1S/C26H28BrNO4S/c1-6-31-25(30)23-22(17-10-8-7-9-11-17)16(2)33-24(23)28-21(29)15-32-20-13-12-18(27)14-19(20)26(3,4)5/h7-14H,6,15H2,1-5H3,(H,28,29). The van der Waals surface area contributed by atoms with Gasteiger partial charge in [0.25, 0.3) is 5.91 Å². The Morgan fingerprint density at radius 1 is 1.09 bits per heavy atom. The maximum atomic E-state index is 12.8. The predicted octanol–water partition coefficient (Wildman–Crippen LogP) is 6.98. The van der Waals surface area contributed by atoms with Gasteiger partial charge in [-0.3, -0.25) is 4.79 Å². The molecule has 0 bridgehead atoms. The molecule has 1 amide bonds. The summed E-state index contributed by atoms with van der Waals surface area (Å²) in [6, 6.07) is 15.4. The average molecular weight is 530 g/mol. The molecule has 0 aliphatic heterocycles. The van der Waals surface area contributed by atoms with E-state index in [1.54, 1.807) is 6.92 Å². The van der Waals surface area contributed by atoms with Crippen molar-refractivity contribution in [1.82, 2.24) is 0 Å². The second-order valence-corrected chi connectivity index (χ2v) is 10.7. The third-order valence-corrected chi connectivity index (χ3v) is 6.50. The lowest BCUT2D eigenvalue weighted by molar-refractivity contribution is -0.118. The molecule has 1 N–H and O–H groups in total. The third kappa shape index (κ3) is 6.03. The Kier molecular flexibility index (Phi) is 7.97. The van der Waals surface area contributed by atoms with Crippen LogP contribution in [0.15, 0.2) is 53.0 Å². The number of thiophene rings is 1. The second kappa shape index (κ2) is 10.5. The van der Waals surface area contributed by atoms with Crippen LogP contribution in [0.1, 0.15) is 48.5 Å². The normalized spacial score (nSPS) is 11.2. The van der Waals surface area contributed by atoms with E-state index in [4.69, 9.17) is 9.47 Å². The zero-order valence-electron chi connectivity index (χ0n) is 19.5. The number of ether oxygens (including phenoxy) is 2. The maximum Gasteiger partial charge on any atom is 0.341 e. The zero-order valence-corrected chi connectivity index (χ0v) is 21.9. The Morgan fingerprint density at radius 3 is 2.42 bits per heavy atom. The number of esters is 1. The zero-order chi connectivity index (χ0) is 24.2. The third-order valence-electron chi connectivity index (χ3n) is 4.99. The Hall–Kier alpha value is -2.64. The summed E-state index contributed by atoms with van der Waals surface area (Å²) in [5, 5.41) is 3.33. The second-order valence-electron chi connectivity index (χ2n) is 8.55. The predicted molar refractivity (Wildman–Crippen MR) is 137 cm³/mol. The summed E-state index contributed by atoms with van der Waals surface area (Å²) in [5.74, 6) is -0.150. The van der Waals surface area contributed by atoms with Crippen molar-refractivity contribution >= 4 is 44.1 Å². The van der Waals surface area contributed by atoms with Crippen LogP contribution in [0.5, 0.6) is 5.75 Å². The molecular weight excluding hydrogens is 502 g/mol. The number of rotatable bonds is 7. The van der Waals surface area contributed by atoms with Crippen LogP contribution in [0.25, 0.3) is 11.1 Å². The van der Waals surface area contributed by atoms with E-state index in [1.807, 2.05) is 55.5 Å². The number of aryl methyl sites for hydroxylation is 1. The molecular formula is C26H28BrNO4S. The first kappa shape index (κ1) is 25.0.